The summed E-state index contributed by atoms with van der Waals surface area (Å²) < 4.78 is 10.9. The Bertz CT molecular complexity index is 523. The quantitative estimate of drug-likeness (QED) is 0.875. The number of morpholine rings is 1. The molecule has 0 aromatic heterocycles. The number of hydrogen-bond donors (Lipinski definition) is 1. The van der Waals surface area contributed by atoms with Crippen LogP contribution in [0.4, 0.5) is 0 Å². The molecule has 0 radical (unpaired) electrons. The van der Waals surface area contributed by atoms with Gasteiger partial charge in [-0.3, -0.25) is 4.79 Å². The van der Waals surface area contributed by atoms with E-state index >= 15 is 0 Å². The first kappa shape index (κ1) is 15.3. The Morgan fingerprint density at radius 3 is 2.81 bits per heavy atom. The maximum atomic E-state index is 12.1. The maximum Gasteiger partial charge on any atom is 0.260 e. The zero-order valence-corrected chi connectivity index (χ0v) is 11.9. The molecule has 1 amide bonds. The monoisotopic (exact) mass is 290 g/mol. The lowest BCUT2D eigenvalue weighted by molar-refractivity contribution is -0.149. The predicted octanol–water partition coefficient (Wildman–Crippen LogP) is 0.545. The molecule has 1 heterocycles. The highest BCUT2D eigenvalue weighted by Crippen LogP contribution is 2.14. The Morgan fingerprint density at radius 1 is 1.48 bits per heavy atom. The number of hydrogen-bond acceptors (Lipinski definition) is 5. The summed E-state index contributed by atoms with van der Waals surface area (Å²) in [6, 6.07) is 8.61. The van der Waals surface area contributed by atoms with E-state index in [2.05, 4.69) is 0 Å². The average Bonchev–Trinajstić information content (AvgIpc) is 2.52. The molecule has 0 spiro atoms. The average molecular weight is 290 g/mol. The van der Waals surface area contributed by atoms with E-state index in [4.69, 9.17) is 19.8 Å². The van der Waals surface area contributed by atoms with Gasteiger partial charge in [-0.25, -0.2) is 0 Å². The molecule has 1 aromatic rings. The van der Waals surface area contributed by atoms with Crippen molar-refractivity contribution in [3.8, 4) is 11.8 Å². The van der Waals surface area contributed by atoms with Gasteiger partial charge in [0.05, 0.1) is 30.4 Å². The van der Waals surface area contributed by atoms with Gasteiger partial charge in [-0.15, -0.1) is 0 Å². The third kappa shape index (κ3) is 4.18. The van der Waals surface area contributed by atoms with E-state index in [-0.39, 0.29) is 31.3 Å². The van der Waals surface area contributed by atoms with Crippen LogP contribution in [0.15, 0.2) is 24.3 Å². The molecule has 2 rings (SSSR count). The van der Waals surface area contributed by atoms with E-state index in [0.717, 1.165) is 0 Å². The van der Waals surface area contributed by atoms with Crippen LogP contribution in [0.2, 0.25) is 0 Å². The number of amides is 1. The third-order valence-corrected chi connectivity index (χ3v) is 3.23. The summed E-state index contributed by atoms with van der Waals surface area (Å²) in [5.41, 5.74) is 0.543. The number of nitrogens with zero attached hydrogens (tertiary/aromatic N) is 2. The van der Waals surface area contributed by atoms with Crippen LogP contribution in [0.3, 0.4) is 0 Å². The predicted molar refractivity (Wildman–Crippen MR) is 74.7 cm³/mol. The fourth-order valence-corrected chi connectivity index (χ4v) is 2.21. The Kier molecular flexibility index (Phi) is 5.14. The lowest BCUT2D eigenvalue weighted by Crippen LogP contribution is -2.51. The van der Waals surface area contributed by atoms with Gasteiger partial charge in [0.15, 0.2) is 6.61 Å². The van der Waals surface area contributed by atoms with Crippen LogP contribution in [-0.2, 0) is 9.53 Å². The van der Waals surface area contributed by atoms with Crippen molar-refractivity contribution in [3.05, 3.63) is 29.8 Å². The van der Waals surface area contributed by atoms with E-state index in [9.17, 15) is 4.79 Å². The fourth-order valence-electron chi connectivity index (χ4n) is 2.21. The minimum Gasteiger partial charge on any atom is -0.484 e. The van der Waals surface area contributed by atoms with Gasteiger partial charge in [-0.1, -0.05) is 0 Å². The Balaban J connectivity index is 1.87. The van der Waals surface area contributed by atoms with Crippen molar-refractivity contribution in [2.75, 3.05) is 26.3 Å². The largest absolute Gasteiger partial charge is 0.484 e. The molecule has 0 bridgehead atoms. The first-order chi connectivity index (χ1) is 10.1. The SMILES string of the molecule is CC1CN(C(=O)COc2ccc(C#N)cc2)CC(CO)O1. The number of carbonyl (C=O) groups excluding carboxylic acids is 1. The van der Waals surface area contributed by atoms with Gasteiger partial charge in [0.2, 0.25) is 0 Å². The minimum atomic E-state index is -0.340. The lowest BCUT2D eigenvalue weighted by Gasteiger charge is -2.36. The molecule has 1 N–H and O–H groups in total. The van der Waals surface area contributed by atoms with E-state index in [1.54, 1.807) is 29.2 Å². The summed E-state index contributed by atoms with van der Waals surface area (Å²) in [6.45, 7) is 2.55. The van der Waals surface area contributed by atoms with Gasteiger partial charge in [-0.2, -0.15) is 5.26 Å². The highest BCUT2D eigenvalue weighted by molar-refractivity contribution is 5.78. The zero-order valence-electron chi connectivity index (χ0n) is 11.9. The van der Waals surface area contributed by atoms with Gasteiger partial charge >= 0.3 is 0 Å². The number of rotatable bonds is 4. The van der Waals surface area contributed by atoms with Gasteiger partial charge in [0, 0.05) is 13.1 Å². The summed E-state index contributed by atoms with van der Waals surface area (Å²) in [5.74, 6) is 0.398. The maximum absolute atomic E-state index is 12.1. The molecule has 0 saturated carbocycles. The van der Waals surface area contributed by atoms with E-state index < -0.39 is 0 Å². The third-order valence-electron chi connectivity index (χ3n) is 3.23. The second kappa shape index (κ2) is 7.07. The molecule has 1 aromatic carbocycles. The summed E-state index contributed by atoms with van der Waals surface area (Å²) in [6.07, 6.45) is -0.442. The number of aliphatic hydroxyl groups excluding tert-OH is 1. The van der Waals surface area contributed by atoms with Gasteiger partial charge < -0.3 is 19.5 Å². The summed E-state index contributed by atoms with van der Waals surface area (Å²) in [4.78, 5) is 13.8. The molecule has 1 aliphatic heterocycles. The molecule has 0 aliphatic carbocycles. The normalized spacial score (nSPS) is 21.7. The number of carbonyl (C=O) groups is 1. The molecule has 2 atom stereocenters. The number of benzene rings is 1. The number of ether oxygens (including phenoxy) is 2. The van der Waals surface area contributed by atoms with Gasteiger partial charge in [0.25, 0.3) is 5.91 Å². The standard InChI is InChI=1S/C15H18N2O4/c1-11-7-17(8-14(9-18)21-11)15(19)10-20-13-4-2-12(6-16)3-5-13/h2-5,11,14,18H,7-10H2,1H3. The van der Waals surface area contributed by atoms with Crippen LogP contribution in [0, 0.1) is 11.3 Å². The first-order valence-electron chi connectivity index (χ1n) is 6.79. The van der Waals surface area contributed by atoms with Crippen molar-refractivity contribution in [1.29, 1.82) is 5.26 Å². The van der Waals surface area contributed by atoms with Crippen molar-refractivity contribution in [2.45, 2.75) is 19.1 Å². The molecule has 1 aliphatic rings. The lowest BCUT2D eigenvalue weighted by atomic mass is 10.2. The minimum absolute atomic E-state index is 0.0726. The van der Waals surface area contributed by atoms with Crippen molar-refractivity contribution < 1.29 is 19.4 Å². The van der Waals surface area contributed by atoms with Crippen LogP contribution >= 0.6 is 0 Å². The number of nitriles is 1. The highest BCUT2D eigenvalue weighted by Gasteiger charge is 2.27. The van der Waals surface area contributed by atoms with E-state index in [0.29, 0.717) is 24.4 Å². The highest BCUT2D eigenvalue weighted by atomic mass is 16.5. The molecular weight excluding hydrogens is 272 g/mol. The molecule has 6 heteroatoms. The molecule has 2 unspecified atom stereocenters. The van der Waals surface area contributed by atoms with Crippen LogP contribution < -0.4 is 4.74 Å². The summed E-state index contributed by atoms with van der Waals surface area (Å²) in [7, 11) is 0. The molecule has 21 heavy (non-hydrogen) atoms. The van der Waals surface area contributed by atoms with Crippen LogP contribution in [-0.4, -0.2) is 54.4 Å². The topological polar surface area (TPSA) is 82.8 Å². The summed E-state index contributed by atoms with van der Waals surface area (Å²) in [5, 5.41) is 17.9. The van der Waals surface area contributed by atoms with Crippen molar-refractivity contribution >= 4 is 5.91 Å². The smallest absolute Gasteiger partial charge is 0.260 e. The second-order valence-electron chi connectivity index (χ2n) is 4.97. The number of aliphatic hydroxyl groups is 1. The van der Waals surface area contributed by atoms with Crippen molar-refractivity contribution in [3.63, 3.8) is 0 Å². The van der Waals surface area contributed by atoms with Crippen LogP contribution in [0.25, 0.3) is 0 Å². The Morgan fingerprint density at radius 2 is 2.19 bits per heavy atom. The first-order valence-corrected chi connectivity index (χ1v) is 6.79. The molecular formula is C15H18N2O4. The Labute approximate surface area is 123 Å². The molecule has 6 nitrogen and oxygen atoms in total. The van der Waals surface area contributed by atoms with Crippen LogP contribution in [0.5, 0.6) is 5.75 Å². The Hall–Kier alpha value is -2.10. The molecule has 1 fully saturated rings. The fraction of sp³-hybridized carbons (Fsp3) is 0.467. The van der Waals surface area contributed by atoms with Gasteiger partial charge in [-0.05, 0) is 31.2 Å². The van der Waals surface area contributed by atoms with Crippen molar-refractivity contribution in [2.24, 2.45) is 0 Å². The van der Waals surface area contributed by atoms with Crippen molar-refractivity contribution in [1.82, 2.24) is 4.90 Å². The summed E-state index contributed by atoms with van der Waals surface area (Å²) >= 11 is 0. The second-order valence-corrected chi connectivity index (χ2v) is 4.97. The van der Waals surface area contributed by atoms with E-state index in [1.165, 1.54) is 0 Å². The van der Waals surface area contributed by atoms with Gasteiger partial charge in [0.1, 0.15) is 5.75 Å². The van der Waals surface area contributed by atoms with Crippen LogP contribution in [0.1, 0.15) is 12.5 Å². The molecule has 1 saturated heterocycles. The zero-order chi connectivity index (χ0) is 15.2. The van der Waals surface area contributed by atoms with E-state index in [1.807, 2.05) is 13.0 Å². The molecule has 112 valence electrons.